The zero-order valence-electron chi connectivity index (χ0n) is 10.9. The molecule has 4 heteroatoms. The molecule has 0 heterocycles. The van der Waals surface area contributed by atoms with Crippen LogP contribution in [0.1, 0.15) is 38.2 Å². The Morgan fingerprint density at radius 2 is 2.05 bits per heavy atom. The van der Waals surface area contributed by atoms with Crippen molar-refractivity contribution in [3.05, 3.63) is 34.3 Å². The van der Waals surface area contributed by atoms with Gasteiger partial charge in [-0.25, -0.2) is 5.43 Å². The van der Waals surface area contributed by atoms with Crippen LogP contribution >= 0.6 is 15.9 Å². The maximum atomic E-state index is 12.0. The first-order valence-corrected chi connectivity index (χ1v) is 7.50. The molecule has 0 unspecified atom stereocenters. The van der Waals surface area contributed by atoms with Crippen molar-refractivity contribution in [2.24, 2.45) is 16.4 Å². The Labute approximate surface area is 121 Å². The molecule has 1 aromatic carbocycles. The molecule has 3 nitrogen and oxygen atoms in total. The largest absolute Gasteiger partial charge is 0.273 e. The first-order chi connectivity index (χ1) is 9.11. The van der Waals surface area contributed by atoms with Gasteiger partial charge < -0.3 is 0 Å². The van der Waals surface area contributed by atoms with Crippen molar-refractivity contribution in [3.8, 4) is 0 Å². The summed E-state index contributed by atoms with van der Waals surface area (Å²) >= 11 is 3.40. The number of nitrogens with one attached hydrogen (secondary N) is 1. The van der Waals surface area contributed by atoms with Gasteiger partial charge in [0.25, 0.3) is 0 Å². The van der Waals surface area contributed by atoms with E-state index in [-0.39, 0.29) is 11.8 Å². The molecule has 0 saturated heterocycles. The average molecular weight is 321 g/mol. The third-order valence-corrected chi connectivity index (χ3v) is 4.98. The molecule has 2 saturated carbocycles. The number of amides is 1. The number of hydrazone groups is 1. The maximum Gasteiger partial charge on any atom is 0.243 e. The van der Waals surface area contributed by atoms with E-state index in [1.165, 1.54) is 19.3 Å². The van der Waals surface area contributed by atoms with Gasteiger partial charge in [-0.2, -0.15) is 5.10 Å². The summed E-state index contributed by atoms with van der Waals surface area (Å²) < 4.78 is 1.04. The molecule has 2 aliphatic carbocycles. The highest BCUT2D eigenvalue weighted by Gasteiger charge is 2.60. The third-order valence-electron chi connectivity index (χ3n) is 4.45. The third kappa shape index (κ3) is 2.46. The van der Waals surface area contributed by atoms with Crippen LogP contribution in [-0.4, -0.2) is 11.6 Å². The van der Waals surface area contributed by atoms with Crippen molar-refractivity contribution < 1.29 is 4.79 Å². The van der Waals surface area contributed by atoms with E-state index in [1.54, 1.807) is 0 Å². The molecule has 0 bridgehead atoms. The standard InChI is InChI=1S/C15H17BrN2O/c1-10(11-3-5-12(16)6-4-11)17-18-14(19)13-9-15(13)7-2-8-15/h3-6,13H,2,7-9H2,1H3,(H,18,19)/b17-10+/t13-/m1/s1. The lowest BCUT2D eigenvalue weighted by Crippen LogP contribution is -2.26. The van der Waals surface area contributed by atoms with Crippen molar-refractivity contribution in [1.82, 2.24) is 5.43 Å². The molecule has 0 aliphatic heterocycles. The Bertz CT molecular complexity index is 532. The highest BCUT2D eigenvalue weighted by molar-refractivity contribution is 9.10. The van der Waals surface area contributed by atoms with Crippen molar-refractivity contribution in [2.75, 3.05) is 0 Å². The molecule has 1 atom stereocenters. The Kier molecular flexibility index (Phi) is 3.21. The smallest absolute Gasteiger partial charge is 0.243 e. The Hall–Kier alpha value is -1.16. The minimum absolute atomic E-state index is 0.0937. The monoisotopic (exact) mass is 320 g/mol. The number of rotatable bonds is 3. The van der Waals surface area contributed by atoms with Crippen molar-refractivity contribution in [3.63, 3.8) is 0 Å². The van der Waals surface area contributed by atoms with Gasteiger partial charge in [-0.15, -0.1) is 0 Å². The summed E-state index contributed by atoms with van der Waals surface area (Å²) in [6.45, 7) is 1.91. The molecule has 19 heavy (non-hydrogen) atoms. The average Bonchev–Trinajstić information content (AvgIpc) is 3.12. The fraction of sp³-hybridized carbons (Fsp3) is 0.467. The minimum Gasteiger partial charge on any atom is -0.273 e. The SMILES string of the molecule is C/C(=N\NC(=O)[C@H]1CC12CCC2)c1ccc(Br)cc1. The molecular formula is C15H17BrN2O. The summed E-state index contributed by atoms with van der Waals surface area (Å²) in [7, 11) is 0. The first kappa shape index (κ1) is 12.9. The summed E-state index contributed by atoms with van der Waals surface area (Å²) in [5.74, 6) is 0.305. The molecule has 2 aliphatic rings. The van der Waals surface area contributed by atoms with Crippen LogP contribution < -0.4 is 5.43 Å². The molecule has 0 radical (unpaired) electrons. The summed E-state index contributed by atoms with van der Waals surface area (Å²) in [4.78, 5) is 12.0. The molecule has 100 valence electrons. The zero-order valence-corrected chi connectivity index (χ0v) is 12.5. The Morgan fingerprint density at radius 1 is 1.37 bits per heavy atom. The van der Waals surface area contributed by atoms with Crippen LogP contribution in [-0.2, 0) is 4.79 Å². The Balaban J connectivity index is 1.60. The number of hydrogen-bond donors (Lipinski definition) is 1. The highest BCUT2D eigenvalue weighted by atomic mass is 79.9. The second-order valence-electron chi connectivity index (χ2n) is 5.65. The van der Waals surface area contributed by atoms with Crippen LogP contribution in [0.5, 0.6) is 0 Å². The van der Waals surface area contributed by atoms with Gasteiger partial charge in [-0.3, -0.25) is 4.79 Å². The van der Waals surface area contributed by atoms with Crippen LogP contribution in [0.4, 0.5) is 0 Å². The number of hydrogen-bond acceptors (Lipinski definition) is 2. The predicted molar refractivity (Wildman–Crippen MR) is 78.9 cm³/mol. The number of carbonyl (C=O) groups excluding carboxylic acids is 1. The van der Waals surface area contributed by atoms with E-state index < -0.39 is 0 Å². The van der Waals surface area contributed by atoms with Crippen LogP contribution in [0.25, 0.3) is 0 Å². The van der Waals surface area contributed by atoms with Crippen LogP contribution in [0.3, 0.4) is 0 Å². The number of carbonyl (C=O) groups is 1. The topological polar surface area (TPSA) is 41.5 Å². The maximum absolute atomic E-state index is 12.0. The summed E-state index contributed by atoms with van der Waals surface area (Å²) in [5.41, 5.74) is 4.95. The van der Waals surface area contributed by atoms with Gasteiger partial charge in [-0.05, 0) is 49.3 Å². The van der Waals surface area contributed by atoms with E-state index in [4.69, 9.17) is 0 Å². The molecule has 1 amide bonds. The number of nitrogens with zero attached hydrogens (tertiary/aromatic N) is 1. The summed E-state index contributed by atoms with van der Waals surface area (Å²) in [6.07, 6.45) is 4.79. The van der Waals surface area contributed by atoms with Gasteiger partial charge in [0.1, 0.15) is 0 Å². The number of benzene rings is 1. The Morgan fingerprint density at radius 3 is 2.58 bits per heavy atom. The van der Waals surface area contributed by atoms with Crippen molar-refractivity contribution in [1.29, 1.82) is 0 Å². The van der Waals surface area contributed by atoms with E-state index in [9.17, 15) is 4.79 Å². The second-order valence-corrected chi connectivity index (χ2v) is 6.57. The fourth-order valence-corrected chi connectivity index (χ4v) is 3.14. The lowest BCUT2D eigenvalue weighted by molar-refractivity contribution is -0.123. The van der Waals surface area contributed by atoms with Gasteiger partial charge in [0, 0.05) is 10.4 Å². The summed E-state index contributed by atoms with van der Waals surface area (Å²) in [5, 5.41) is 4.21. The molecular weight excluding hydrogens is 304 g/mol. The van der Waals surface area contributed by atoms with Gasteiger partial charge >= 0.3 is 0 Å². The van der Waals surface area contributed by atoms with Gasteiger partial charge in [0.05, 0.1) is 5.71 Å². The van der Waals surface area contributed by atoms with E-state index >= 15 is 0 Å². The van der Waals surface area contributed by atoms with Gasteiger partial charge in [-0.1, -0.05) is 34.5 Å². The molecule has 3 rings (SSSR count). The quantitative estimate of drug-likeness (QED) is 0.672. The predicted octanol–water partition coefficient (Wildman–Crippen LogP) is 3.48. The molecule has 2 fully saturated rings. The van der Waals surface area contributed by atoms with Crippen LogP contribution in [0.15, 0.2) is 33.8 Å². The van der Waals surface area contributed by atoms with E-state index in [1.807, 2.05) is 31.2 Å². The molecule has 1 spiro atoms. The molecule has 1 aromatic rings. The highest BCUT2D eigenvalue weighted by Crippen LogP contribution is 2.65. The second kappa shape index (κ2) is 4.75. The zero-order chi connectivity index (χ0) is 13.5. The lowest BCUT2D eigenvalue weighted by atomic mass is 9.80. The first-order valence-electron chi connectivity index (χ1n) is 6.71. The van der Waals surface area contributed by atoms with Crippen LogP contribution in [0, 0.1) is 11.3 Å². The minimum atomic E-state index is 0.0937. The van der Waals surface area contributed by atoms with Gasteiger partial charge in [0.15, 0.2) is 0 Å². The van der Waals surface area contributed by atoms with Crippen molar-refractivity contribution in [2.45, 2.75) is 32.6 Å². The van der Waals surface area contributed by atoms with Crippen molar-refractivity contribution >= 4 is 27.5 Å². The van der Waals surface area contributed by atoms with Crippen LogP contribution in [0.2, 0.25) is 0 Å². The van der Waals surface area contributed by atoms with E-state index in [0.717, 1.165) is 22.2 Å². The number of halogens is 1. The fourth-order valence-electron chi connectivity index (χ4n) is 2.87. The normalized spacial score (nSPS) is 23.9. The molecule has 0 aromatic heterocycles. The van der Waals surface area contributed by atoms with Gasteiger partial charge in [0.2, 0.25) is 5.91 Å². The molecule has 1 N–H and O–H groups in total. The van der Waals surface area contributed by atoms with E-state index in [0.29, 0.717) is 5.41 Å². The summed E-state index contributed by atoms with van der Waals surface area (Å²) in [6, 6.07) is 7.92. The van der Waals surface area contributed by atoms with E-state index in [2.05, 4.69) is 26.5 Å². The lowest BCUT2D eigenvalue weighted by Gasteiger charge is -2.25.